The topological polar surface area (TPSA) is 114 Å². The van der Waals surface area contributed by atoms with Crippen LogP contribution in [0.5, 0.6) is 0 Å². The SMILES string of the molecule is CC(=O)O[C@@H]1[C@@H](OC(C)=O)[C@H](Sc2ccc(C)cc2)O[C@H](COCc2ccccc2)[C@H]1OS(=O)(=O)C(F)(F)F. The van der Waals surface area contributed by atoms with Crippen LogP contribution in [0.3, 0.4) is 0 Å². The molecular weight excluding hydrogens is 565 g/mol. The zero-order valence-corrected chi connectivity index (χ0v) is 22.8. The van der Waals surface area contributed by atoms with E-state index in [1.54, 1.807) is 54.6 Å². The van der Waals surface area contributed by atoms with Gasteiger partial charge in [-0.3, -0.25) is 13.8 Å². The fourth-order valence-corrected chi connectivity index (χ4v) is 5.42. The largest absolute Gasteiger partial charge is 0.523 e. The number of halogens is 3. The Labute approximate surface area is 228 Å². The first-order chi connectivity index (χ1) is 18.3. The monoisotopic (exact) mass is 592 g/mol. The van der Waals surface area contributed by atoms with Gasteiger partial charge in [-0.2, -0.15) is 21.6 Å². The van der Waals surface area contributed by atoms with Crippen molar-refractivity contribution in [1.29, 1.82) is 0 Å². The summed E-state index contributed by atoms with van der Waals surface area (Å²) in [4.78, 5) is 24.6. The van der Waals surface area contributed by atoms with Gasteiger partial charge in [0.05, 0.1) is 13.2 Å². The van der Waals surface area contributed by atoms with Gasteiger partial charge in [0.1, 0.15) is 17.6 Å². The highest BCUT2D eigenvalue weighted by molar-refractivity contribution is 7.99. The second-order valence-corrected chi connectivity index (χ2v) is 11.3. The highest BCUT2D eigenvalue weighted by Gasteiger charge is 2.57. The predicted molar refractivity (Wildman–Crippen MR) is 133 cm³/mol. The lowest BCUT2D eigenvalue weighted by Gasteiger charge is -2.44. The molecule has 2 aromatic rings. The van der Waals surface area contributed by atoms with Crippen LogP contribution in [0.1, 0.15) is 25.0 Å². The number of benzene rings is 2. The van der Waals surface area contributed by atoms with Gasteiger partial charge in [-0.1, -0.05) is 59.8 Å². The van der Waals surface area contributed by atoms with Gasteiger partial charge in [-0.15, -0.1) is 0 Å². The molecule has 1 heterocycles. The molecule has 0 N–H and O–H groups in total. The van der Waals surface area contributed by atoms with E-state index in [-0.39, 0.29) is 6.61 Å². The third kappa shape index (κ3) is 8.67. The van der Waals surface area contributed by atoms with E-state index >= 15 is 0 Å². The molecule has 0 aliphatic carbocycles. The maximum absolute atomic E-state index is 13.3. The lowest BCUT2D eigenvalue weighted by molar-refractivity contribution is -0.227. The highest BCUT2D eigenvalue weighted by atomic mass is 32.2. The van der Waals surface area contributed by atoms with E-state index in [0.717, 1.165) is 36.7 Å². The minimum Gasteiger partial charge on any atom is -0.455 e. The van der Waals surface area contributed by atoms with Crippen LogP contribution in [0.25, 0.3) is 0 Å². The van der Waals surface area contributed by atoms with Crippen molar-refractivity contribution in [1.82, 2.24) is 0 Å². The number of hydrogen-bond acceptors (Lipinski definition) is 10. The Balaban J connectivity index is 1.99. The van der Waals surface area contributed by atoms with Gasteiger partial charge < -0.3 is 18.9 Å². The van der Waals surface area contributed by atoms with Crippen LogP contribution in [0.4, 0.5) is 13.2 Å². The van der Waals surface area contributed by atoms with Gasteiger partial charge in [0.25, 0.3) is 0 Å². The van der Waals surface area contributed by atoms with Gasteiger partial charge >= 0.3 is 27.6 Å². The minimum absolute atomic E-state index is 0.0147. The molecule has 214 valence electrons. The molecule has 0 unspecified atom stereocenters. The van der Waals surface area contributed by atoms with Crippen molar-refractivity contribution < 1.29 is 54.3 Å². The number of esters is 2. The summed E-state index contributed by atoms with van der Waals surface area (Å²) in [5.41, 5.74) is -5.24. The third-order valence-corrected chi connectivity index (χ3v) is 7.58. The molecule has 3 rings (SSSR count). The molecule has 1 aliphatic rings. The molecule has 0 spiro atoms. The van der Waals surface area contributed by atoms with Gasteiger partial charge in [0, 0.05) is 18.7 Å². The van der Waals surface area contributed by atoms with Crippen molar-refractivity contribution in [2.75, 3.05) is 6.61 Å². The minimum atomic E-state index is -6.18. The Morgan fingerprint density at radius 3 is 2.08 bits per heavy atom. The number of hydrogen-bond donors (Lipinski definition) is 0. The molecular formula is C25H27F3O9S2. The number of rotatable bonds is 10. The normalized spacial score (nSPS) is 23.7. The molecule has 1 fully saturated rings. The number of thioether (sulfide) groups is 1. The number of ether oxygens (including phenoxy) is 4. The summed E-state index contributed by atoms with van der Waals surface area (Å²) < 4.78 is 90.7. The first-order valence-corrected chi connectivity index (χ1v) is 13.9. The zero-order chi connectivity index (χ0) is 28.8. The summed E-state index contributed by atoms with van der Waals surface area (Å²) >= 11 is 1.04. The zero-order valence-electron chi connectivity index (χ0n) is 21.1. The fourth-order valence-electron chi connectivity index (χ4n) is 3.69. The molecule has 5 atom stereocenters. The van der Waals surface area contributed by atoms with Crippen molar-refractivity contribution in [2.45, 2.75) is 67.6 Å². The van der Waals surface area contributed by atoms with Gasteiger partial charge in [0.2, 0.25) is 0 Å². The molecule has 14 heteroatoms. The molecule has 0 aromatic heterocycles. The quantitative estimate of drug-likeness (QED) is 0.227. The van der Waals surface area contributed by atoms with Crippen molar-refractivity contribution in [3.05, 3.63) is 65.7 Å². The Hall–Kier alpha value is -2.65. The number of carbonyl (C=O) groups is 2. The van der Waals surface area contributed by atoms with E-state index in [1.807, 2.05) is 6.92 Å². The second kappa shape index (κ2) is 13.1. The average molecular weight is 593 g/mol. The number of aryl methyl sites for hydroxylation is 1. The van der Waals surface area contributed by atoms with Crippen LogP contribution >= 0.6 is 11.8 Å². The van der Waals surface area contributed by atoms with Gasteiger partial charge in [-0.05, 0) is 24.6 Å². The van der Waals surface area contributed by atoms with Gasteiger partial charge in [0.15, 0.2) is 12.2 Å². The predicted octanol–water partition coefficient (Wildman–Crippen LogP) is 4.13. The van der Waals surface area contributed by atoms with Crippen molar-refractivity contribution in [2.24, 2.45) is 0 Å². The first kappa shape index (κ1) is 30.9. The van der Waals surface area contributed by atoms with Crippen LogP contribution in [0.15, 0.2) is 59.5 Å². The maximum atomic E-state index is 13.3. The first-order valence-electron chi connectivity index (χ1n) is 11.6. The Morgan fingerprint density at radius 1 is 0.923 bits per heavy atom. The van der Waals surface area contributed by atoms with E-state index in [4.69, 9.17) is 18.9 Å². The van der Waals surface area contributed by atoms with Crippen LogP contribution < -0.4 is 0 Å². The highest BCUT2D eigenvalue weighted by Crippen LogP contribution is 2.39. The lowest BCUT2D eigenvalue weighted by Crippen LogP contribution is -2.62. The van der Waals surface area contributed by atoms with Crippen LogP contribution in [-0.4, -0.2) is 62.3 Å². The van der Waals surface area contributed by atoms with E-state index < -0.39 is 64.0 Å². The summed E-state index contributed by atoms with van der Waals surface area (Å²) in [6.45, 7) is 3.45. The Morgan fingerprint density at radius 2 is 1.51 bits per heavy atom. The summed E-state index contributed by atoms with van der Waals surface area (Å²) in [7, 11) is -6.18. The molecule has 2 aromatic carbocycles. The molecule has 0 saturated carbocycles. The third-order valence-electron chi connectivity index (χ3n) is 5.38. The molecule has 0 bridgehead atoms. The van der Waals surface area contributed by atoms with Crippen LogP contribution in [-0.2, 0) is 49.4 Å². The van der Waals surface area contributed by atoms with Crippen molar-refractivity contribution in [3.8, 4) is 0 Å². The smallest absolute Gasteiger partial charge is 0.455 e. The Kier molecular flexibility index (Phi) is 10.4. The van der Waals surface area contributed by atoms with Crippen LogP contribution in [0, 0.1) is 6.92 Å². The van der Waals surface area contributed by atoms with Gasteiger partial charge in [-0.25, -0.2) is 0 Å². The molecule has 9 nitrogen and oxygen atoms in total. The van der Waals surface area contributed by atoms with E-state index in [1.165, 1.54) is 0 Å². The molecule has 0 radical (unpaired) electrons. The van der Waals surface area contributed by atoms with Crippen molar-refractivity contribution in [3.63, 3.8) is 0 Å². The van der Waals surface area contributed by atoms with E-state index in [0.29, 0.717) is 4.90 Å². The summed E-state index contributed by atoms with van der Waals surface area (Å²) in [5.74, 6) is -1.84. The van der Waals surface area contributed by atoms with E-state index in [2.05, 4.69) is 4.18 Å². The van der Waals surface area contributed by atoms with E-state index in [9.17, 15) is 31.2 Å². The Bertz CT molecular complexity index is 1220. The number of carbonyl (C=O) groups excluding carboxylic acids is 2. The molecule has 0 amide bonds. The molecule has 1 saturated heterocycles. The summed E-state index contributed by atoms with van der Waals surface area (Å²) in [5, 5.41) is 0. The summed E-state index contributed by atoms with van der Waals surface area (Å²) in [6.07, 6.45) is -6.86. The molecule has 39 heavy (non-hydrogen) atoms. The lowest BCUT2D eigenvalue weighted by atomic mass is 9.99. The second-order valence-electron chi connectivity index (χ2n) is 8.58. The average Bonchev–Trinajstić information content (AvgIpc) is 2.84. The maximum Gasteiger partial charge on any atom is 0.523 e. The number of alkyl halides is 3. The fraction of sp³-hybridized carbons (Fsp3) is 0.440. The van der Waals surface area contributed by atoms with Crippen LogP contribution in [0.2, 0.25) is 0 Å². The molecule has 1 aliphatic heterocycles. The van der Waals surface area contributed by atoms with Crippen molar-refractivity contribution >= 4 is 33.8 Å². The standard InChI is InChI=1S/C25H27F3O9S2/c1-15-9-11-19(12-10-15)38-24-23(35-17(3)30)22(34-16(2)29)21(37-39(31,32)25(26,27)28)20(36-24)14-33-13-18-7-5-4-6-8-18/h4-12,20-24H,13-14H2,1-3H3/t20-,21-,22+,23-,24+/m1/s1. The summed E-state index contributed by atoms with van der Waals surface area (Å²) in [6, 6.07) is 15.9.